The Bertz CT molecular complexity index is 876. The fourth-order valence-electron chi connectivity index (χ4n) is 3.32. The van der Waals surface area contributed by atoms with Crippen molar-refractivity contribution in [3.63, 3.8) is 0 Å². The van der Waals surface area contributed by atoms with Crippen LogP contribution in [0.1, 0.15) is 37.3 Å². The Morgan fingerprint density at radius 1 is 1.11 bits per heavy atom. The van der Waals surface area contributed by atoms with Crippen LogP contribution in [-0.2, 0) is 15.8 Å². The van der Waals surface area contributed by atoms with E-state index in [0.29, 0.717) is 0 Å². The van der Waals surface area contributed by atoms with E-state index in [4.69, 9.17) is 0 Å². The number of para-hydroxylation sites is 1. The molecule has 4 nitrogen and oxygen atoms in total. The zero-order valence-electron chi connectivity index (χ0n) is 15.6. The van der Waals surface area contributed by atoms with Gasteiger partial charge in [-0.05, 0) is 41.8 Å². The molecule has 1 heterocycles. The van der Waals surface area contributed by atoms with Gasteiger partial charge in [0.15, 0.2) is 0 Å². The minimum Gasteiger partial charge on any atom is -0.326 e. The lowest BCUT2D eigenvalue weighted by atomic mass is 10.0. The third-order valence-electron chi connectivity index (χ3n) is 4.83. The minimum atomic E-state index is -4.43. The van der Waals surface area contributed by atoms with Crippen LogP contribution < -0.4 is 10.2 Å². The Hall–Kier alpha value is -2.83. The van der Waals surface area contributed by atoms with Gasteiger partial charge in [0.05, 0.1) is 11.5 Å². The van der Waals surface area contributed by atoms with Gasteiger partial charge >= 0.3 is 6.18 Å². The van der Waals surface area contributed by atoms with Gasteiger partial charge in [0.1, 0.15) is 0 Å². The lowest BCUT2D eigenvalue weighted by Gasteiger charge is -2.22. The number of alkyl halides is 3. The van der Waals surface area contributed by atoms with E-state index in [9.17, 15) is 22.8 Å². The molecular weight excluding hydrogens is 369 g/mol. The van der Waals surface area contributed by atoms with Crippen LogP contribution in [-0.4, -0.2) is 18.4 Å². The van der Waals surface area contributed by atoms with Gasteiger partial charge < -0.3 is 10.2 Å². The first-order valence-corrected chi connectivity index (χ1v) is 9.04. The molecule has 1 atom stereocenters. The van der Waals surface area contributed by atoms with Crippen LogP contribution in [0.4, 0.5) is 24.5 Å². The smallest absolute Gasteiger partial charge is 0.326 e. The number of amides is 2. The van der Waals surface area contributed by atoms with E-state index in [2.05, 4.69) is 5.32 Å². The van der Waals surface area contributed by atoms with E-state index in [0.717, 1.165) is 23.4 Å². The van der Waals surface area contributed by atoms with Crippen LogP contribution in [0, 0.1) is 5.92 Å². The van der Waals surface area contributed by atoms with Gasteiger partial charge in [-0.1, -0.05) is 32.0 Å². The summed E-state index contributed by atoms with van der Waals surface area (Å²) in [5.41, 5.74) is 1.32. The number of anilines is 2. The number of benzene rings is 2. The first-order chi connectivity index (χ1) is 13.2. The maximum absolute atomic E-state index is 12.6. The summed E-state index contributed by atoms with van der Waals surface area (Å²) >= 11 is 0. The zero-order chi connectivity index (χ0) is 20.5. The molecule has 1 N–H and O–H groups in total. The molecule has 1 saturated heterocycles. The number of hydrogen-bond acceptors (Lipinski definition) is 2. The standard InChI is InChI=1S/C21H21F3N2O2/c1-13(2)17-5-3-4-6-18(17)26-12-14(11-19(26)27)20(28)25-16-9-7-15(8-10-16)21(22,23)24/h3-10,13-14H,11-12H2,1-2H3,(H,25,28). The molecule has 1 aliphatic heterocycles. The summed E-state index contributed by atoms with van der Waals surface area (Å²) in [6.45, 7) is 4.32. The van der Waals surface area contributed by atoms with Crippen LogP contribution in [0.2, 0.25) is 0 Å². The molecule has 0 saturated carbocycles. The number of carbonyl (C=O) groups excluding carboxylic acids is 2. The molecule has 0 radical (unpaired) electrons. The second-order valence-corrected chi connectivity index (χ2v) is 7.18. The van der Waals surface area contributed by atoms with E-state index in [1.807, 2.05) is 38.1 Å². The number of nitrogens with zero attached hydrogens (tertiary/aromatic N) is 1. The Morgan fingerprint density at radius 2 is 1.75 bits per heavy atom. The van der Waals surface area contributed by atoms with Gasteiger partial charge in [-0.15, -0.1) is 0 Å². The van der Waals surface area contributed by atoms with E-state index in [1.54, 1.807) is 4.90 Å². The van der Waals surface area contributed by atoms with Crippen LogP contribution >= 0.6 is 0 Å². The number of nitrogens with one attached hydrogen (secondary N) is 1. The van der Waals surface area contributed by atoms with Gasteiger partial charge in [-0.25, -0.2) is 0 Å². The Morgan fingerprint density at radius 3 is 2.36 bits per heavy atom. The molecule has 0 spiro atoms. The first kappa shape index (κ1) is 19.9. The molecule has 0 aliphatic carbocycles. The molecule has 148 valence electrons. The Balaban J connectivity index is 1.71. The summed E-state index contributed by atoms with van der Waals surface area (Å²) in [5.74, 6) is -0.850. The molecule has 1 fully saturated rings. The summed E-state index contributed by atoms with van der Waals surface area (Å²) in [6.07, 6.45) is -4.36. The lowest BCUT2D eigenvalue weighted by Crippen LogP contribution is -2.29. The summed E-state index contributed by atoms with van der Waals surface area (Å²) in [7, 11) is 0. The highest BCUT2D eigenvalue weighted by Crippen LogP contribution is 2.33. The van der Waals surface area contributed by atoms with Gasteiger partial charge in [0.2, 0.25) is 11.8 Å². The van der Waals surface area contributed by atoms with Crippen LogP contribution in [0.5, 0.6) is 0 Å². The fraction of sp³-hybridized carbons (Fsp3) is 0.333. The van der Waals surface area contributed by atoms with Gasteiger partial charge in [-0.2, -0.15) is 13.2 Å². The van der Waals surface area contributed by atoms with Crippen LogP contribution in [0.15, 0.2) is 48.5 Å². The predicted octanol–water partition coefficient (Wildman–Crippen LogP) is 4.82. The maximum atomic E-state index is 12.6. The van der Waals surface area contributed by atoms with Crippen molar-refractivity contribution >= 4 is 23.2 Å². The fourth-order valence-corrected chi connectivity index (χ4v) is 3.32. The van der Waals surface area contributed by atoms with Crippen molar-refractivity contribution < 1.29 is 22.8 Å². The molecular formula is C21H21F3N2O2. The Kier molecular flexibility index (Phi) is 5.45. The van der Waals surface area contributed by atoms with Crippen molar-refractivity contribution in [1.29, 1.82) is 0 Å². The van der Waals surface area contributed by atoms with E-state index >= 15 is 0 Å². The first-order valence-electron chi connectivity index (χ1n) is 9.04. The molecule has 3 rings (SSSR count). The number of rotatable bonds is 4. The van der Waals surface area contributed by atoms with E-state index in [-0.39, 0.29) is 36.4 Å². The highest BCUT2D eigenvalue weighted by Gasteiger charge is 2.36. The predicted molar refractivity (Wildman–Crippen MR) is 101 cm³/mol. The van der Waals surface area contributed by atoms with Gasteiger partial charge in [-0.3, -0.25) is 9.59 Å². The highest BCUT2D eigenvalue weighted by atomic mass is 19.4. The van der Waals surface area contributed by atoms with Gasteiger partial charge in [0.25, 0.3) is 0 Å². The van der Waals surface area contributed by atoms with E-state index in [1.165, 1.54) is 12.1 Å². The van der Waals surface area contributed by atoms with Crippen molar-refractivity contribution in [1.82, 2.24) is 0 Å². The maximum Gasteiger partial charge on any atom is 0.416 e. The summed E-state index contributed by atoms with van der Waals surface area (Å²) < 4.78 is 37.9. The second-order valence-electron chi connectivity index (χ2n) is 7.18. The normalized spacial score (nSPS) is 17.3. The summed E-state index contributed by atoms with van der Waals surface area (Å²) in [5, 5.41) is 2.61. The minimum absolute atomic E-state index is 0.0684. The third kappa shape index (κ3) is 4.18. The van der Waals surface area contributed by atoms with E-state index < -0.39 is 17.7 Å². The second kappa shape index (κ2) is 7.66. The monoisotopic (exact) mass is 390 g/mol. The SMILES string of the molecule is CC(C)c1ccccc1N1CC(C(=O)Nc2ccc(C(F)(F)F)cc2)CC1=O. The van der Waals surface area contributed by atoms with Crippen LogP contribution in [0.3, 0.4) is 0 Å². The molecule has 0 bridgehead atoms. The zero-order valence-corrected chi connectivity index (χ0v) is 15.6. The largest absolute Gasteiger partial charge is 0.416 e. The van der Waals surface area contributed by atoms with Crippen molar-refractivity contribution in [2.24, 2.45) is 5.92 Å². The Labute approximate surface area is 161 Å². The molecule has 28 heavy (non-hydrogen) atoms. The summed E-state index contributed by atoms with van der Waals surface area (Å²) in [6, 6.07) is 11.8. The van der Waals surface area contributed by atoms with Gasteiger partial charge in [0, 0.05) is 24.3 Å². The number of halogens is 3. The third-order valence-corrected chi connectivity index (χ3v) is 4.83. The van der Waals surface area contributed by atoms with Crippen molar-refractivity contribution in [2.45, 2.75) is 32.4 Å². The number of hydrogen-bond donors (Lipinski definition) is 1. The van der Waals surface area contributed by atoms with Crippen molar-refractivity contribution in [2.75, 3.05) is 16.8 Å². The molecule has 1 aliphatic rings. The average molecular weight is 390 g/mol. The topological polar surface area (TPSA) is 49.4 Å². The average Bonchev–Trinajstić information content (AvgIpc) is 3.03. The van der Waals surface area contributed by atoms with Crippen molar-refractivity contribution in [3.05, 3.63) is 59.7 Å². The molecule has 2 aromatic carbocycles. The molecule has 2 aromatic rings. The van der Waals surface area contributed by atoms with Crippen LogP contribution in [0.25, 0.3) is 0 Å². The highest BCUT2D eigenvalue weighted by molar-refractivity contribution is 6.03. The van der Waals surface area contributed by atoms with Crippen molar-refractivity contribution in [3.8, 4) is 0 Å². The summed E-state index contributed by atoms with van der Waals surface area (Å²) in [4.78, 5) is 26.6. The molecule has 1 unspecified atom stereocenters. The molecule has 2 amide bonds. The lowest BCUT2D eigenvalue weighted by molar-refractivity contribution is -0.137. The number of carbonyl (C=O) groups is 2. The molecule has 7 heteroatoms. The quantitative estimate of drug-likeness (QED) is 0.814. The molecule has 0 aromatic heterocycles.